The molecule has 1 unspecified atom stereocenters. The van der Waals surface area contributed by atoms with Gasteiger partial charge < -0.3 is 14.1 Å². The van der Waals surface area contributed by atoms with E-state index >= 15 is 0 Å². The average Bonchev–Trinajstić information content (AvgIpc) is 2.85. The number of nitrogens with zero attached hydrogens (tertiary/aromatic N) is 1. The number of hydrogen-bond donors (Lipinski definition) is 0. The van der Waals surface area contributed by atoms with Crippen LogP contribution >= 0.6 is 11.8 Å². The molecule has 1 amide bonds. The van der Waals surface area contributed by atoms with Crippen molar-refractivity contribution in [2.45, 2.75) is 160 Å². The molecule has 0 aliphatic rings. The lowest BCUT2D eigenvalue weighted by Gasteiger charge is -2.39. The summed E-state index contributed by atoms with van der Waals surface area (Å²) in [6, 6.07) is 0. The number of thioether (sulfide) groups is 1. The van der Waals surface area contributed by atoms with Gasteiger partial charge in [-0.1, -0.05) is 124 Å². The predicted octanol–water partition coefficient (Wildman–Crippen LogP) is 10.5. The van der Waals surface area contributed by atoms with Gasteiger partial charge in [-0.2, -0.15) is 11.8 Å². The molecular formula is C31H65NO3SSi. The molecule has 0 saturated carbocycles. The number of rotatable bonds is 23. The van der Waals surface area contributed by atoms with Crippen LogP contribution in [-0.4, -0.2) is 57.1 Å². The van der Waals surface area contributed by atoms with Crippen molar-refractivity contribution >= 4 is 26.2 Å². The number of unbranched alkanes of at least 4 members (excludes halogenated alkanes) is 15. The quantitative estimate of drug-likeness (QED) is 0.0921. The Morgan fingerprint density at radius 3 is 1.51 bits per heavy atom. The highest BCUT2D eigenvalue weighted by atomic mass is 32.2. The van der Waals surface area contributed by atoms with Gasteiger partial charge in [0.2, 0.25) is 0 Å². The van der Waals surface area contributed by atoms with Gasteiger partial charge in [-0.15, -0.1) is 0 Å². The molecule has 0 saturated heterocycles. The summed E-state index contributed by atoms with van der Waals surface area (Å²) in [5, 5.41) is 0.177. The summed E-state index contributed by atoms with van der Waals surface area (Å²) in [5.41, 5.74) is 0. The number of carbonyl (C=O) groups is 1. The first kappa shape index (κ1) is 36.8. The fourth-order valence-corrected chi connectivity index (χ4v) is 5.59. The second kappa shape index (κ2) is 20.7. The van der Waals surface area contributed by atoms with Crippen LogP contribution in [0, 0.1) is 0 Å². The van der Waals surface area contributed by atoms with Gasteiger partial charge in [-0.05, 0) is 37.7 Å². The zero-order valence-electron chi connectivity index (χ0n) is 26.5. The van der Waals surface area contributed by atoms with Crippen molar-refractivity contribution in [1.82, 2.24) is 4.90 Å². The molecule has 1 atom stereocenters. The average molecular weight is 560 g/mol. The molecule has 0 N–H and O–H groups in total. The summed E-state index contributed by atoms with van der Waals surface area (Å²) in [5.74, 6) is 0. The molecule has 0 radical (unpaired) electrons. The van der Waals surface area contributed by atoms with Crippen LogP contribution in [0.4, 0.5) is 4.79 Å². The van der Waals surface area contributed by atoms with Gasteiger partial charge >= 0.3 is 6.09 Å². The first-order chi connectivity index (χ1) is 17.4. The van der Waals surface area contributed by atoms with Gasteiger partial charge in [-0.3, -0.25) is 0 Å². The molecular weight excluding hydrogens is 494 g/mol. The number of carbonyl (C=O) groups excluding carboxylic acids is 1. The zero-order valence-corrected chi connectivity index (χ0v) is 28.3. The van der Waals surface area contributed by atoms with Crippen LogP contribution in [0.5, 0.6) is 0 Å². The minimum Gasteiger partial charge on any atom is -0.448 e. The third-order valence-electron chi connectivity index (χ3n) is 8.20. The Hall–Kier alpha value is -0.203. The Bertz CT molecular complexity index is 567. The van der Waals surface area contributed by atoms with Gasteiger partial charge in [0.05, 0.1) is 11.4 Å². The van der Waals surface area contributed by atoms with Gasteiger partial charge in [0.15, 0.2) is 8.32 Å². The third kappa shape index (κ3) is 18.7. The summed E-state index contributed by atoms with van der Waals surface area (Å²) in [4.78, 5) is 14.3. The van der Waals surface area contributed by atoms with Crippen molar-refractivity contribution in [2.24, 2.45) is 0 Å². The van der Waals surface area contributed by atoms with Crippen molar-refractivity contribution in [1.29, 1.82) is 0 Å². The predicted molar refractivity (Wildman–Crippen MR) is 169 cm³/mol. The molecule has 0 aromatic heterocycles. The monoisotopic (exact) mass is 559 g/mol. The molecule has 0 bridgehead atoms. The fraction of sp³-hybridized carbons (Fsp3) is 0.968. The highest BCUT2D eigenvalue weighted by molar-refractivity contribution is 8.00. The summed E-state index contributed by atoms with van der Waals surface area (Å²) in [6.45, 7) is 17.5. The van der Waals surface area contributed by atoms with Gasteiger partial charge in [0.1, 0.15) is 6.61 Å². The van der Waals surface area contributed by atoms with Crippen LogP contribution in [0.3, 0.4) is 0 Å². The van der Waals surface area contributed by atoms with E-state index in [1.807, 2.05) is 7.05 Å². The van der Waals surface area contributed by atoms with Gasteiger partial charge in [0.25, 0.3) is 0 Å². The number of ether oxygens (including phenoxy) is 1. The standard InChI is InChI=1S/C31H65NO3SSi/c1-10-11-12-13-14-15-16-17-18-19-20-21-22-23-24-25-26-32(6)29(33)34-27-31(5,36-7)28-35-37(8,9)30(2,3)4/h10-28H2,1-9H3. The SMILES string of the molecule is CCCCCCCCCCCCCCCCCCN(C)C(=O)OCC(C)(CO[Si](C)(C)C(C)(C)C)SC. The maximum absolute atomic E-state index is 12.5. The molecule has 0 rings (SSSR count). The molecule has 0 fully saturated rings. The van der Waals surface area contributed by atoms with Gasteiger partial charge in [-0.25, -0.2) is 4.79 Å². The Balaban J connectivity index is 3.81. The van der Waals surface area contributed by atoms with E-state index in [0.717, 1.165) is 13.0 Å². The topological polar surface area (TPSA) is 38.8 Å². The van der Waals surface area contributed by atoms with E-state index in [0.29, 0.717) is 13.2 Å². The molecule has 222 valence electrons. The lowest BCUT2D eigenvalue weighted by Crippen LogP contribution is -2.46. The second-order valence-corrected chi connectivity index (χ2v) is 19.2. The zero-order chi connectivity index (χ0) is 28.2. The Labute approximate surface area is 237 Å². The minimum absolute atomic E-state index is 0.177. The minimum atomic E-state index is -1.82. The lowest BCUT2D eigenvalue weighted by atomic mass is 10.0. The first-order valence-electron chi connectivity index (χ1n) is 15.5. The first-order valence-corrected chi connectivity index (χ1v) is 19.6. The molecule has 6 heteroatoms. The molecule has 0 aliphatic carbocycles. The van der Waals surface area contributed by atoms with E-state index in [-0.39, 0.29) is 15.9 Å². The van der Waals surface area contributed by atoms with E-state index in [2.05, 4.69) is 54.0 Å². The van der Waals surface area contributed by atoms with Crippen LogP contribution in [-0.2, 0) is 9.16 Å². The van der Waals surface area contributed by atoms with E-state index in [1.54, 1.807) is 16.7 Å². The Morgan fingerprint density at radius 2 is 1.14 bits per heavy atom. The largest absolute Gasteiger partial charge is 0.448 e. The van der Waals surface area contributed by atoms with Crippen LogP contribution in [0.15, 0.2) is 0 Å². The third-order valence-corrected chi connectivity index (χ3v) is 13.9. The summed E-state index contributed by atoms with van der Waals surface area (Å²) in [6.07, 6.45) is 23.6. The van der Waals surface area contributed by atoms with Gasteiger partial charge in [0, 0.05) is 13.6 Å². The van der Waals surface area contributed by atoms with Crippen molar-refractivity contribution in [2.75, 3.05) is 33.1 Å². The second-order valence-electron chi connectivity index (χ2n) is 13.0. The molecule has 37 heavy (non-hydrogen) atoms. The lowest BCUT2D eigenvalue weighted by molar-refractivity contribution is 0.0927. The smallest absolute Gasteiger partial charge is 0.409 e. The molecule has 4 nitrogen and oxygen atoms in total. The van der Waals surface area contributed by atoms with Crippen molar-refractivity contribution in [3.8, 4) is 0 Å². The molecule has 0 aliphatic heterocycles. The van der Waals surface area contributed by atoms with Crippen LogP contribution < -0.4 is 0 Å². The molecule has 0 heterocycles. The highest BCUT2D eigenvalue weighted by Gasteiger charge is 2.39. The van der Waals surface area contributed by atoms with E-state index in [1.165, 1.54) is 96.3 Å². The molecule has 0 spiro atoms. The summed E-state index contributed by atoms with van der Waals surface area (Å²) >= 11 is 1.72. The molecule has 0 aromatic rings. The summed E-state index contributed by atoms with van der Waals surface area (Å²) < 4.78 is 11.9. The maximum Gasteiger partial charge on any atom is 0.409 e. The maximum atomic E-state index is 12.5. The Kier molecular flexibility index (Phi) is 20.6. The molecule has 0 aromatic carbocycles. The van der Waals surface area contributed by atoms with Crippen LogP contribution in [0.2, 0.25) is 18.1 Å². The number of amides is 1. The van der Waals surface area contributed by atoms with E-state index < -0.39 is 8.32 Å². The van der Waals surface area contributed by atoms with Crippen LogP contribution in [0.1, 0.15) is 137 Å². The van der Waals surface area contributed by atoms with Crippen molar-refractivity contribution < 1.29 is 14.0 Å². The highest BCUT2D eigenvalue weighted by Crippen LogP contribution is 2.38. The Morgan fingerprint density at radius 1 is 0.730 bits per heavy atom. The summed E-state index contributed by atoms with van der Waals surface area (Å²) in [7, 11) is 0.0351. The van der Waals surface area contributed by atoms with E-state index in [9.17, 15) is 4.79 Å². The van der Waals surface area contributed by atoms with Crippen molar-refractivity contribution in [3.05, 3.63) is 0 Å². The number of hydrogen-bond acceptors (Lipinski definition) is 4. The normalized spacial score (nSPS) is 14.0. The van der Waals surface area contributed by atoms with Crippen molar-refractivity contribution in [3.63, 3.8) is 0 Å². The fourth-order valence-electron chi connectivity index (χ4n) is 4.02. The van der Waals surface area contributed by atoms with E-state index in [4.69, 9.17) is 9.16 Å². The van der Waals surface area contributed by atoms with Crippen LogP contribution in [0.25, 0.3) is 0 Å².